The first-order valence-corrected chi connectivity index (χ1v) is 8.20. The number of piperidine rings is 1. The number of hydrogen-bond donors (Lipinski definition) is 0. The minimum absolute atomic E-state index is 0.412. The Kier molecular flexibility index (Phi) is 11.1. The molecule has 126 valence electrons. The molecule has 0 spiro atoms. The van der Waals surface area contributed by atoms with Gasteiger partial charge in [-0.25, -0.2) is 0 Å². The first kappa shape index (κ1) is 18.8. The van der Waals surface area contributed by atoms with Crippen molar-refractivity contribution in [2.75, 3.05) is 66.4 Å². The van der Waals surface area contributed by atoms with Gasteiger partial charge < -0.3 is 23.8 Å². The summed E-state index contributed by atoms with van der Waals surface area (Å²) in [6.45, 7) is 11.9. The van der Waals surface area contributed by atoms with Gasteiger partial charge in [-0.15, -0.1) is 0 Å². The van der Waals surface area contributed by atoms with Crippen molar-refractivity contribution in [3.05, 3.63) is 0 Å². The van der Waals surface area contributed by atoms with E-state index in [-0.39, 0.29) is 0 Å². The molecule has 0 unspecified atom stereocenters. The molecular weight excluding hydrogens is 270 g/mol. The Balaban J connectivity index is 1.86. The van der Waals surface area contributed by atoms with E-state index >= 15 is 0 Å². The summed E-state index contributed by atoms with van der Waals surface area (Å²) < 4.78 is 21.6. The number of nitrogens with zero attached hydrogens (tertiary/aromatic N) is 1. The fourth-order valence-corrected chi connectivity index (χ4v) is 2.51. The lowest BCUT2D eigenvalue weighted by Gasteiger charge is -2.32. The number of likely N-dealkylation sites (tertiary alicyclic amines) is 1. The molecule has 0 aromatic rings. The largest absolute Gasteiger partial charge is 0.382 e. The predicted octanol–water partition coefficient (Wildman–Crippen LogP) is 1.80. The van der Waals surface area contributed by atoms with E-state index in [2.05, 4.69) is 18.7 Å². The van der Waals surface area contributed by atoms with Crippen molar-refractivity contribution in [1.82, 2.24) is 4.90 Å². The fraction of sp³-hybridized carbons (Fsp3) is 1.00. The second-order valence-electron chi connectivity index (χ2n) is 5.98. The zero-order valence-electron chi connectivity index (χ0n) is 14.0. The molecule has 0 saturated carbocycles. The average Bonchev–Trinajstić information content (AvgIpc) is 2.47. The van der Waals surface area contributed by atoms with Crippen LogP contribution in [0.25, 0.3) is 0 Å². The van der Waals surface area contributed by atoms with Crippen LogP contribution in [0.15, 0.2) is 0 Å². The number of ether oxygens (including phenoxy) is 4. The van der Waals surface area contributed by atoms with Crippen LogP contribution < -0.4 is 0 Å². The Morgan fingerprint density at radius 3 is 2.05 bits per heavy atom. The molecule has 0 aromatic carbocycles. The Hall–Kier alpha value is -0.200. The van der Waals surface area contributed by atoms with Gasteiger partial charge in [-0.05, 0) is 18.8 Å². The van der Waals surface area contributed by atoms with Gasteiger partial charge in [0, 0.05) is 26.7 Å². The van der Waals surface area contributed by atoms with E-state index in [4.69, 9.17) is 18.9 Å². The molecule has 0 N–H and O–H groups in total. The summed E-state index contributed by atoms with van der Waals surface area (Å²) in [4.78, 5) is 2.54. The average molecular weight is 303 g/mol. The smallest absolute Gasteiger partial charge is 0.0704 e. The Morgan fingerprint density at radius 1 is 0.905 bits per heavy atom. The van der Waals surface area contributed by atoms with Gasteiger partial charge in [0.25, 0.3) is 0 Å². The minimum Gasteiger partial charge on any atom is -0.382 e. The van der Waals surface area contributed by atoms with Crippen molar-refractivity contribution in [3.63, 3.8) is 0 Å². The Morgan fingerprint density at radius 2 is 1.48 bits per heavy atom. The molecule has 5 nitrogen and oxygen atoms in total. The summed E-state index contributed by atoms with van der Waals surface area (Å²) in [5, 5.41) is 0. The molecule has 1 saturated heterocycles. The van der Waals surface area contributed by atoms with Crippen LogP contribution in [0.5, 0.6) is 0 Å². The van der Waals surface area contributed by atoms with Crippen molar-refractivity contribution < 1.29 is 18.9 Å². The third-order valence-electron chi connectivity index (χ3n) is 3.54. The summed E-state index contributed by atoms with van der Waals surface area (Å²) >= 11 is 0. The van der Waals surface area contributed by atoms with E-state index in [9.17, 15) is 0 Å². The van der Waals surface area contributed by atoms with Gasteiger partial charge in [0.05, 0.1) is 45.7 Å². The zero-order chi connectivity index (χ0) is 15.3. The molecule has 1 aliphatic heterocycles. The van der Waals surface area contributed by atoms with E-state index in [1.165, 1.54) is 6.54 Å². The van der Waals surface area contributed by atoms with Gasteiger partial charge in [0.1, 0.15) is 0 Å². The number of rotatable bonds is 12. The highest BCUT2D eigenvalue weighted by molar-refractivity contribution is 4.73. The first-order chi connectivity index (χ1) is 10.2. The standard InChI is InChI=1S/C16H33NO4/c1-15(2)14-17-6-4-16(5-7-17)21-13-12-20-11-10-19-9-8-18-3/h15-16H,4-14H2,1-3H3. The van der Waals surface area contributed by atoms with Crippen molar-refractivity contribution in [1.29, 1.82) is 0 Å². The number of hydrogen-bond acceptors (Lipinski definition) is 5. The Labute approximate surface area is 129 Å². The molecule has 1 heterocycles. The summed E-state index contributed by atoms with van der Waals surface area (Å²) in [5.41, 5.74) is 0. The van der Waals surface area contributed by atoms with E-state index in [0.29, 0.717) is 45.7 Å². The molecule has 21 heavy (non-hydrogen) atoms. The second-order valence-corrected chi connectivity index (χ2v) is 5.98. The van der Waals surface area contributed by atoms with Crippen LogP contribution in [-0.2, 0) is 18.9 Å². The molecule has 0 bridgehead atoms. The summed E-state index contributed by atoms with van der Waals surface area (Å²) in [5.74, 6) is 0.752. The molecule has 5 heteroatoms. The van der Waals surface area contributed by atoms with Crippen molar-refractivity contribution in [3.8, 4) is 0 Å². The number of methoxy groups -OCH3 is 1. The van der Waals surface area contributed by atoms with E-state index in [1.807, 2.05) is 0 Å². The van der Waals surface area contributed by atoms with Gasteiger partial charge in [0.15, 0.2) is 0 Å². The van der Waals surface area contributed by atoms with Crippen molar-refractivity contribution in [2.24, 2.45) is 5.92 Å². The second kappa shape index (κ2) is 12.4. The lowest BCUT2D eigenvalue weighted by atomic mass is 10.1. The van der Waals surface area contributed by atoms with Gasteiger partial charge in [0.2, 0.25) is 0 Å². The fourth-order valence-electron chi connectivity index (χ4n) is 2.51. The van der Waals surface area contributed by atoms with Crippen LogP contribution in [0.1, 0.15) is 26.7 Å². The highest BCUT2D eigenvalue weighted by atomic mass is 16.6. The van der Waals surface area contributed by atoms with Gasteiger partial charge >= 0.3 is 0 Å². The van der Waals surface area contributed by atoms with Gasteiger partial charge in [-0.2, -0.15) is 0 Å². The highest BCUT2D eigenvalue weighted by Gasteiger charge is 2.19. The van der Waals surface area contributed by atoms with E-state index in [0.717, 1.165) is 31.8 Å². The van der Waals surface area contributed by atoms with E-state index in [1.54, 1.807) is 7.11 Å². The maximum absolute atomic E-state index is 5.87. The molecule has 0 atom stereocenters. The third-order valence-corrected chi connectivity index (χ3v) is 3.54. The normalized spacial score (nSPS) is 17.7. The van der Waals surface area contributed by atoms with Crippen LogP contribution in [0.3, 0.4) is 0 Å². The quantitative estimate of drug-likeness (QED) is 0.514. The lowest BCUT2D eigenvalue weighted by molar-refractivity contribution is -0.0342. The molecule has 1 fully saturated rings. The molecule has 0 amide bonds. The zero-order valence-corrected chi connectivity index (χ0v) is 14.0. The summed E-state index contributed by atoms with van der Waals surface area (Å²) in [6.07, 6.45) is 2.70. The van der Waals surface area contributed by atoms with Crippen LogP contribution in [0.4, 0.5) is 0 Å². The minimum atomic E-state index is 0.412. The topological polar surface area (TPSA) is 40.2 Å². The third kappa shape index (κ3) is 10.2. The SMILES string of the molecule is COCCOCCOCCOC1CCN(CC(C)C)CC1. The molecule has 0 aliphatic carbocycles. The predicted molar refractivity (Wildman–Crippen MR) is 83.8 cm³/mol. The van der Waals surface area contributed by atoms with Crippen molar-refractivity contribution >= 4 is 0 Å². The van der Waals surface area contributed by atoms with Crippen LogP contribution in [0.2, 0.25) is 0 Å². The van der Waals surface area contributed by atoms with Gasteiger partial charge in [-0.1, -0.05) is 13.8 Å². The first-order valence-electron chi connectivity index (χ1n) is 8.20. The lowest BCUT2D eigenvalue weighted by Crippen LogP contribution is -2.39. The van der Waals surface area contributed by atoms with Crippen LogP contribution in [-0.4, -0.2) is 77.4 Å². The molecular formula is C16H33NO4. The molecule has 0 aromatic heterocycles. The molecule has 0 radical (unpaired) electrons. The van der Waals surface area contributed by atoms with Crippen molar-refractivity contribution in [2.45, 2.75) is 32.8 Å². The monoisotopic (exact) mass is 303 g/mol. The van der Waals surface area contributed by atoms with E-state index < -0.39 is 0 Å². The van der Waals surface area contributed by atoms with Gasteiger partial charge in [-0.3, -0.25) is 0 Å². The maximum atomic E-state index is 5.87. The van der Waals surface area contributed by atoms with Crippen LogP contribution >= 0.6 is 0 Å². The summed E-state index contributed by atoms with van der Waals surface area (Å²) in [7, 11) is 1.67. The Bertz CT molecular complexity index is 230. The molecule has 1 rings (SSSR count). The maximum Gasteiger partial charge on any atom is 0.0704 e. The summed E-state index contributed by atoms with van der Waals surface area (Å²) in [6, 6.07) is 0. The molecule has 1 aliphatic rings. The highest BCUT2D eigenvalue weighted by Crippen LogP contribution is 2.14. The van der Waals surface area contributed by atoms with Crippen LogP contribution in [0, 0.1) is 5.92 Å².